The van der Waals surface area contributed by atoms with Crippen LogP contribution in [0.25, 0.3) is 0 Å². The van der Waals surface area contributed by atoms with Crippen molar-refractivity contribution in [2.75, 3.05) is 19.6 Å². The van der Waals surface area contributed by atoms with E-state index in [1.54, 1.807) is 0 Å². The Morgan fingerprint density at radius 3 is 2.81 bits per heavy atom. The van der Waals surface area contributed by atoms with Crippen LogP contribution in [0.4, 0.5) is 0 Å². The highest BCUT2D eigenvalue weighted by molar-refractivity contribution is 5.66. The second kappa shape index (κ2) is 5.21. The monoisotopic (exact) mass is 223 g/mol. The van der Waals surface area contributed by atoms with E-state index in [2.05, 4.69) is 22.0 Å². The molecular formula is C11H17N3O2. The number of hydrogen-bond donors (Lipinski definition) is 0. The van der Waals surface area contributed by atoms with Crippen molar-refractivity contribution in [3.8, 4) is 0 Å². The smallest absolute Gasteiger partial charge is 0.290 e. The lowest BCUT2D eigenvalue weighted by Gasteiger charge is -2.30. The van der Waals surface area contributed by atoms with Gasteiger partial charge in [-0.1, -0.05) is 12.1 Å². The molecule has 5 heteroatoms. The standard InChI is InChI=1S/C11H17N3O2/c1-2-14-5-3-9(4-6-14)7-10-12-11(8-15)16-13-10/h8-9H,2-7H2,1H3. The molecule has 2 rings (SSSR count). The number of piperidine rings is 1. The van der Waals surface area contributed by atoms with Gasteiger partial charge >= 0.3 is 0 Å². The maximum atomic E-state index is 10.4. The average molecular weight is 223 g/mol. The van der Waals surface area contributed by atoms with E-state index in [0.29, 0.717) is 18.0 Å². The summed E-state index contributed by atoms with van der Waals surface area (Å²) in [6, 6.07) is 0. The van der Waals surface area contributed by atoms with Gasteiger partial charge in [0.2, 0.25) is 6.29 Å². The summed E-state index contributed by atoms with van der Waals surface area (Å²) in [4.78, 5) is 16.8. The lowest BCUT2D eigenvalue weighted by molar-refractivity contribution is 0.108. The highest BCUT2D eigenvalue weighted by Crippen LogP contribution is 2.20. The third kappa shape index (κ3) is 2.66. The summed E-state index contributed by atoms with van der Waals surface area (Å²) < 4.78 is 4.76. The molecule has 0 amide bonds. The van der Waals surface area contributed by atoms with Gasteiger partial charge in [0.25, 0.3) is 5.89 Å². The van der Waals surface area contributed by atoms with Crippen LogP contribution in [0.5, 0.6) is 0 Å². The Kier molecular flexibility index (Phi) is 3.66. The van der Waals surface area contributed by atoms with Crippen LogP contribution in [0, 0.1) is 5.92 Å². The fraction of sp³-hybridized carbons (Fsp3) is 0.727. The number of rotatable bonds is 4. The predicted octanol–water partition coefficient (Wildman–Crippen LogP) is 1.16. The summed E-state index contributed by atoms with van der Waals surface area (Å²) in [7, 11) is 0. The van der Waals surface area contributed by atoms with Crippen molar-refractivity contribution >= 4 is 6.29 Å². The second-order valence-corrected chi connectivity index (χ2v) is 4.25. The summed E-state index contributed by atoms with van der Waals surface area (Å²) >= 11 is 0. The van der Waals surface area contributed by atoms with Gasteiger partial charge in [-0.3, -0.25) is 4.79 Å². The van der Waals surface area contributed by atoms with Gasteiger partial charge in [-0.2, -0.15) is 4.98 Å². The molecular weight excluding hydrogens is 206 g/mol. The van der Waals surface area contributed by atoms with Gasteiger partial charge in [-0.25, -0.2) is 0 Å². The molecule has 1 aromatic heterocycles. The molecule has 1 aliphatic rings. The molecule has 88 valence electrons. The highest BCUT2D eigenvalue weighted by Gasteiger charge is 2.20. The second-order valence-electron chi connectivity index (χ2n) is 4.25. The van der Waals surface area contributed by atoms with Crippen LogP contribution in [-0.2, 0) is 6.42 Å². The van der Waals surface area contributed by atoms with E-state index in [0.717, 1.165) is 26.1 Å². The minimum absolute atomic E-state index is 0.0843. The number of nitrogens with zero attached hydrogens (tertiary/aromatic N) is 3. The first-order chi connectivity index (χ1) is 7.81. The first-order valence-electron chi connectivity index (χ1n) is 5.82. The fourth-order valence-corrected chi connectivity index (χ4v) is 2.16. The Morgan fingerprint density at radius 2 is 2.25 bits per heavy atom. The summed E-state index contributed by atoms with van der Waals surface area (Å²) in [5, 5.41) is 3.79. The molecule has 0 N–H and O–H groups in total. The van der Waals surface area contributed by atoms with Gasteiger partial charge < -0.3 is 9.42 Å². The molecule has 0 atom stereocenters. The quantitative estimate of drug-likeness (QED) is 0.717. The van der Waals surface area contributed by atoms with Gasteiger partial charge in [-0.05, 0) is 38.4 Å². The van der Waals surface area contributed by atoms with Gasteiger partial charge in [-0.15, -0.1) is 0 Å². The number of aldehydes is 1. The van der Waals surface area contributed by atoms with E-state index in [9.17, 15) is 4.79 Å². The third-order valence-electron chi connectivity index (χ3n) is 3.21. The van der Waals surface area contributed by atoms with Gasteiger partial charge in [0.1, 0.15) is 0 Å². The SMILES string of the molecule is CCN1CCC(Cc2noc(C=O)n2)CC1. The number of likely N-dealkylation sites (tertiary alicyclic amines) is 1. The lowest BCUT2D eigenvalue weighted by Crippen LogP contribution is -2.34. The summed E-state index contributed by atoms with van der Waals surface area (Å²) in [5.41, 5.74) is 0. The number of carbonyl (C=O) groups is 1. The molecule has 0 aromatic carbocycles. The van der Waals surface area contributed by atoms with Crippen LogP contribution in [0.1, 0.15) is 36.3 Å². The van der Waals surface area contributed by atoms with Crippen molar-refractivity contribution < 1.29 is 9.32 Å². The number of hydrogen-bond acceptors (Lipinski definition) is 5. The molecule has 0 bridgehead atoms. The Morgan fingerprint density at radius 1 is 1.50 bits per heavy atom. The van der Waals surface area contributed by atoms with Crippen LogP contribution in [0.15, 0.2) is 4.52 Å². The van der Waals surface area contributed by atoms with Gasteiger partial charge in [0, 0.05) is 6.42 Å². The molecule has 0 unspecified atom stereocenters. The molecule has 5 nitrogen and oxygen atoms in total. The lowest BCUT2D eigenvalue weighted by atomic mass is 9.93. The normalized spacial score (nSPS) is 18.8. The molecule has 1 aliphatic heterocycles. The topological polar surface area (TPSA) is 59.2 Å². The minimum atomic E-state index is 0.0843. The zero-order chi connectivity index (χ0) is 11.4. The molecule has 1 saturated heterocycles. The van der Waals surface area contributed by atoms with Crippen molar-refractivity contribution in [2.45, 2.75) is 26.2 Å². The average Bonchev–Trinajstić information content (AvgIpc) is 2.78. The largest absolute Gasteiger partial charge is 0.331 e. The molecule has 0 spiro atoms. The van der Waals surface area contributed by atoms with Crippen molar-refractivity contribution in [1.29, 1.82) is 0 Å². The van der Waals surface area contributed by atoms with Gasteiger partial charge in [0.05, 0.1) is 0 Å². The maximum Gasteiger partial charge on any atom is 0.290 e. The Bertz CT molecular complexity index is 343. The van der Waals surface area contributed by atoms with Crippen LogP contribution in [0.3, 0.4) is 0 Å². The first-order valence-corrected chi connectivity index (χ1v) is 5.82. The maximum absolute atomic E-state index is 10.4. The molecule has 0 radical (unpaired) electrons. The Balaban J connectivity index is 1.84. The molecule has 1 aromatic rings. The summed E-state index contributed by atoms with van der Waals surface area (Å²) in [6.07, 6.45) is 3.78. The van der Waals surface area contributed by atoms with E-state index < -0.39 is 0 Å². The van der Waals surface area contributed by atoms with E-state index in [4.69, 9.17) is 4.52 Å². The van der Waals surface area contributed by atoms with Crippen LogP contribution in [-0.4, -0.2) is 41.0 Å². The molecule has 0 saturated carbocycles. The molecule has 1 fully saturated rings. The van der Waals surface area contributed by atoms with E-state index >= 15 is 0 Å². The highest BCUT2D eigenvalue weighted by atomic mass is 16.5. The van der Waals surface area contributed by atoms with E-state index in [-0.39, 0.29) is 5.89 Å². The van der Waals surface area contributed by atoms with Crippen LogP contribution >= 0.6 is 0 Å². The third-order valence-corrected chi connectivity index (χ3v) is 3.21. The Labute approximate surface area is 94.8 Å². The zero-order valence-electron chi connectivity index (χ0n) is 9.56. The summed E-state index contributed by atoms with van der Waals surface area (Å²) in [5.74, 6) is 1.37. The van der Waals surface area contributed by atoms with Crippen molar-refractivity contribution in [3.63, 3.8) is 0 Å². The van der Waals surface area contributed by atoms with Crippen LogP contribution < -0.4 is 0 Å². The fourth-order valence-electron chi connectivity index (χ4n) is 2.16. The van der Waals surface area contributed by atoms with Gasteiger partial charge in [0.15, 0.2) is 5.82 Å². The van der Waals surface area contributed by atoms with E-state index in [1.807, 2.05) is 0 Å². The molecule has 16 heavy (non-hydrogen) atoms. The first kappa shape index (κ1) is 11.3. The van der Waals surface area contributed by atoms with E-state index in [1.165, 1.54) is 12.8 Å². The minimum Gasteiger partial charge on any atom is -0.331 e. The van der Waals surface area contributed by atoms with Crippen molar-refractivity contribution in [3.05, 3.63) is 11.7 Å². The number of carbonyl (C=O) groups excluding carboxylic acids is 1. The van der Waals surface area contributed by atoms with Crippen LogP contribution in [0.2, 0.25) is 0 Å². The van der Waals surface area contributed by atoms with Crippen molar-refractivity contribution in [1.82, 2.24) is 15.0 Å². The number of aromatic nitrogens is 2. The summed E-state index contributed by atoms with van der Waals surface area (Å²) in [6.45, 7) is 5.62. The zero-order valence-corrected chi connectivity index (χ0v) is 9.56. The Hall–Kier alpha value is -1.23. The van der Waals surface area contributed by atoms with Crippen molar-refractivity contribution in [2.24, 2.45) is 5.92 Å². The molecule has 2 heterocycles. The predicted molar refractivity (Wildman–Crippen MR) is 58.2 cm³/mol. The molecule has 0 aliphatic carbocycles.